The van der Waals surface area contributed by atoms with Crippen molar-refractivity contribution >= 4 is 5.91 Å². The van der Waals surface area contributed by atoms with E-state index in [9.17, 15) is 9.90 Å². The van der Waals surface area contributed by atoms with Gasteiger partial charge in [0.05, 0.1) is 12.1 Å². The van der Waals surface area contributed by atoms with Crippen molar-refractivity contribution in [1.29, 1.82) is 0 Å². The van der Waals surface area contributed by atoms with E-state index in [0.29, 0.717) is 18.9 Å². The summed E-state index contributed by atoms with van der Waals surface area (Å²) in [6.07, 6.45) is 2.29. The molecule has 3 unspecified atom stereocenters. The van der Waals surface area contributed by atoms with E-state index < -0.39 is 6.10 Å². The van der Waals surface area contributed by atoms with Gasteiger partial charge in [-0.25, -0.2) is 0 Å². The van der Waals surface area contributed by atoms with E-state index in [1.807, 2.05) is 6.92 Å². The Labute approximate surface area is 91.4 Å². The number of amides is 1. The van der Waals surface area contributed by atoms with Gasteiger partial charge in [-0.1, -0.05) is 13.8 Å². The van der Waals surface area contributed by atoms with Crippen LogP contribution in [0.1, 0.15) is 33.1 Å². The number of piperidine rings is 1. The summed E-state index contributed by atoms with van der Waals surface area (Å²) < 4.78 is 0. The standard InChI is InChI=1S/C11H22N2O2/c1-3-9(14)7-13-11(15)10-6-8(2)4-5-12-10/h8-10,12,14H,3-7H2,1-2H3,(H,13,15). The molecular formula is C11H22N2O2. The van der Waals surface area contributed by atoms with Crippen LogP contribution in [-0.2, 0) is 4.79 Å². The molecule has 0 aliphatic carbocycles. The highest BCUT2D eigenvalue weighted by atomic mass is 16.3. The van der Waals surface area contributed by atoms with E-state index in [1.165, 1.54) is 0 Å². The molecule has 0 saturated carbocycles. The first-order valence-electron chi connectivity index (χ1n) is 5.82. The highest BCUT2D eigenvalue weighted by molar-refractivity contribution is 5.81. The maximum atomic E-state index is 11.7. The number of nitrogens with one attached hydrogen (secondary N) is 2. The highest BCUT2D eigenvalue weighted by Gasteiger charge is 2.24. The van der Waals surface area contributed by atoms with Crippen LogP contribution in [0.5, 0.6) is 0 Å². The second-order valence-corrected chi connectivity index (χ2v) is 4.44. The molecule has 1 aliphatic heterocycles. The summed E-state index contributed by atoms with van der Waals surface area (Å²) in [6.45, 7) is 5.34. The van der Waals surface area contributed by atoms with Gasteiger partial charge in [-0.2, -0.15) is 0 Å². The van der Waals surface area contributed by atoms with Gasteiger partial charge in [0.25, 0.3) is 0 Å². The third-order valence-electron chi connectivity index (χ3n) is 2.97. The number of hydrogen-bond acceptors (Lipinski definition) is 3. The van der Waals surface area contributed by atoms with Crippen molar-refractivity contribution in [2.75, 3.05) is 13.1 Å². The van der Waals surface area contributed by atoms with E-state index in [-0.39, 0.29) is 11.9 Å². The number of hydrogen-bond donors (Lipinski definition) is 3. The van der Waals surface area contributed by atoms with Gasteiger partial charge in [-0.15, -0.1) is 0 Å². The zero-order valence-electron chi connectivity index (χ0n) is 9.62. The predicted molar refractivity (Wildman–Crippen MR) is 59.5 cm³/mol. The molecule has 4 nitrogen and oxygen atoms in total. The number of aliphatic hydroxyl groups excluding tert-OH is 1. The fourth-order valence-corrected chi connectivity index (χ4v) is 1.79. The molecule has 3 atom stereocenters. The van der Waals surface area contributed by atoms with Gasteiger partial charge in [0, 0.05) is 6.54 Å². The largest absolute Gasteiger partial charge is 0.391 e. The van der Waals surface area contributed by atoms with E-state index in [2.05, 4.69) is 17.6 Å². The van der Waals surface area contributed by atoms with Crippen LogP contribution in [-0.4, -0.2) is 36.2 Å². The average molecular weight is 214 g/mol. The molecule has 4 heteroatoms. The lowest BCUT2D eigenvalue weighted by Crippen LogP contribution is -2.49. The molecule has 3 N–H and O–H groups in total. The molecule has 88 valence electrons. The van der Waals surface area contributed by atoms with E-state index in [4.69, 9.17) is 0 Å². The second-order valence-electron chi connectivity index (χ2n) is 4.44. The Hall–Kier alpha value is -0.610. The summed E-state index contributed by atoms with van der Waals surface area (Å²) in [5.41, 5.74) is 0. The molecule has 0 radical (unpaired) electrons. The van der Waals surface area contributed by atoms with Crippen LogP contribution in [0.4, 0.5) is 0 Å². The molecule has 0 spiro atoms. The number of aliphatic hydroxyl groups is 1. The summed E-state index contributed by atoms with van der Waals surface area (Å²) in [5, 5.41) is 15.3. The van der Waals surface area contributed by atoms with Gasteiger partial charge in [0.15, 0.2) is 0 Å². The van der Waals surface area contributed by atoms with Crippen molar-refractivity contribution < 1.29 is 9.90 Å². The number of carbonyl (C=O) groups excluding carboxylic acids is 1. The fraction of sp³-hybridized carbons (Fsp3) is 0.909. The van der Waals surface area contributed by atoms with Gasteiger partial charge >= 0.3 is 0 Å². The zero-order chi connectivity index (χ0) is 11.3. The Morgan fingerprint density at radius 1 is 1.67 bits per heavy atom. The Kier molecular flexibility index (Phi) is 5.05. The van der Waals surface area contributed by atoms with Crippen LogP contribution < -0.4 is 10.6 Å². The van der Waals surface area contributed by atoms with E-state index in [1.54, 1.807) is 0 Å². The number of carbonyl (C=O) groups is 1. The van der Waals surface area contributed by atoms with Crippen molar-refractivity contribution in [3.05, 3.63) is 0 Å². The predicted octanol–water partition coefficient (Wildman–Crippen LogP) is 0.262. The molecule has 0 aromatic carbocycles. The van der Waals surface area contributed by atoms with Crippen molar-refractivity contribution in [2.45, 2.75) is 45.3 Å². The fourth-order valence-electron chi connectivity index (χ4n) is 1.79. The molecular weight excluding hydrogens is 192 g/mol. The van der Waals surface area contributed by atoms with Crippen LogP contribution >= 0.6 is 0 Å². The lowest BCUT2D eigenvalue weighted by molar-refractivity contribution is -0.124. The minimum atomic E-state index is -0.421. The molecule has 0 aromatic rings. The lowest BCUT2D eigenvalue weighted by Gasteiger charge is -2.27. The molecule has 1 fully saturated rings. The van der Waals surface area contributed by atoms with Gasteiger partial charge in [0.1, 0.15) is 0 Å². The minimum Gasteiger partial charge on any atom is -0.391 e. The first-order valence-corrected chi connectivity index (χ1v) is 5.82. The SMILES string of the molecule is CCC(O)CNC(=O)C1CC(C)CCN1. The maximum absolute atomic E-state index is 11.7. The summed E-state index contributed by atoms with van der Waals surface area (Å²) in [6, 6.07) is -0.0715. The minimum absolute atomic E-state index is 0.0223. The van der Waals surface area contributed by atoms with Crippen molar-refractivity contribution in [2.24, 2.45) is 5.92 Å². The monoisotopic (exact) mass is 214 g/mol. The van der Waals surface area contributed by atoms with E-state index in [0.717, 1.165) is 19.4 Å². The first-order chi connectivity index (χ1) is 7.13. The Morgan fingerprint density at radius 3 is 3.00 bits per heavy atom. The van der Waals surface area contributed by atoms with Crippen molar-refractivity contribution in [1.82, 2.24) is 10.6 Å². The molecule has 1 heterocycles. The van der Waals surface area contributed by atoms with Gasteiger partial charge < -0.3 is 15.7 Å². The van der Waals surface area contributed by atoms with Gasteiger partial charge in [0.2, 0.25) is 5.91 Å². The van der Waals surface area contributed by atoms with E-state index >= 15 is 0 Å². The quantitative estimate of drug-likeness (QED) is 0.629. The summed E-state index contributed by atoms with van der Waals surface area (Å²) in [7, 11) is 0. The summed E-state index contributed by atoms with van der Waals surface area (Å²) in [4.78, 5) is 11.7. The average Bonchev–Trinajstić information content (AvgIpc) is 2.25. The Balaban J connectivity index is 2.26. The third-order valence-corrected chi connectivity index (χ3v) is 2.97. The molecule has 1 amide bonds. The topological polar surface area (TPSA) is 61.4 Å². The number of rotatable bonds is 4. The van der Waals surface area contributed by atoms with Crippen molar-refractivity contribution in [3.63, 3.8) is 0 Å². The van der Waals surface area contributed by atoms with Crippen LogP contribution in [0.2, 0.25) is 0 Å². The van der Waals surface area contributed by atoms with Crippen molar-refractivity contribution in [3.8, 4) is 0 Å². The summed E-state index contributed by atoms with van der Waals surface area (Å²) in [5.74, 6) is 0.632. The van der Waals surface area contributed by atoms with Crippen LogP contribution in [0, 0.1) is 5.92 Å². The Morgan fingerprint density at radius 2 is 2.40 bits per heavy atom. The normalized spacial score (nSPS) is 28.5. The molecule has 1 aliphatic rings. The Bertz CT molecular complexity index is 209. The van der Waals surface area contributed by atoms with Gasteiger partial charge in [-0.3, -0.25) is 4.79 Å². The summed E-state index contributed by atoms with van der Waals surface area (Å²) >= 11 is 0. The molecule has 0 aromatic heterocycles. The first kappa shape index (κ1) is 12.5. The van der Waals surface area contributed by atoms with Gasteiger partial charge in [-0.05, 0) is 31.7 Å². The second kappa shape index (κ2) is 6.08. The zero-order valence-corrected chi connectivity index (χ0v) is 9.62. The molecule has 1 rings (SSSR count). The smallest absolute Gasteiger partial charge is 0.237 e. The van der Waals surface area contributed by atoms with Crippen LogP contribution in [0.25, 0.3) is 0 Å². The van der Waals surface area contributed by atoms with Crippen LogP contribution in [0.15, 0.2) is 0 Å². The third kappa shape index (κ3) is 4.18. The lowest BCUT2D eigenvalue weighted by atomic mass is 9.94. The molecule has 15 heavy (non-hydrogen) atoms. The highest BCUT2D eigenvalue weighted by Crippen LogP contribution is 2.14. The molecule has 1 saturated heterocycles. The maximum Gasteiger partial charge on any atom is 0.237 e. The van der Waals surface area contributed by atoms with Crippen LogP contribution in [0.3, 0.4) is 0 Å². The molecule has 0 bridgehead atoms.